The third-order valence-corrected chi connectivity index (χ3v) is 2.51. The Morgan fingerprint density at radius 3 is 2.12 bits per heavy atom. The van der Waals surface area contributed by atoms with Gasteiger partial charge in [0.2, 0.25) is 0 Å². The molecule has 0 spiro atoms. The van der Waals surface area contributed by atoms with Crippen LogP contribution in [-0.2, 0) is 10.7 Å². The Bertz CT molecular complexity index is 407. The largest absolute Gasteiger partial charge is 1.00 e. The summed E-state index contributed by atoms with van der Waals surface area (Å²) in [5.74, 6) is 0. The summed E-state index contributed by atoms with van der Waals surface area (Å²) in [5, 5.41) is 2.90. The summed E-state index contributed by atoms with van der Waals surface area (Å²) >= 11 is 4.84. The molecule has 0 heterocycles. The van der Waals surface area contributed by atoms with Crippen LogP contribution < -0.4 is 74.2 Å². The summed E-state index contributed by atoms with van der Waals surface area (Å²) in [7, 11) is -4.48. The van der Waals surface area contributed by atoms with E-state index in [1.807, 2.05) is 0 Å². The Balaban J connectivity index is 0. The van der Waals surface area contributed by atoms with Gasteiger partial charge in [0.05, 0.1) is 4.99 Å². The van der Waals surface area contributed by atoms with Crippen LogP contribution in [0.3, 0.4) is 0 Å². The molecule has 1 aromatic rings. The first-order chi connectivity index (χ1) is 6.87. The molecule has 0 aliphatic rings. The Morgan fingerprint density at radius 2 is 1.76 bits per heavy atom. The van der Waals surface area contributed by atoms with Gasteiger partial charge in [0.1, 0.15) is 0 Å². The molecule has 0 unspecified atom stereocenters. The third-order valence-electron chi connectivity index (χ3n) is 1.65. The van der Waals surface area contributed by atoms with E-state index < -0.39 is 13.8 Å². The number of benzene rings is 1. The zero-order chi connectivity index (χ0) is 11.5. The minimum atomic E-state index is -4.48. The fourth-order valence-corrected chi connectivity index (χ4v) is 1.90. The van der Waals surface area contributed by atoms with E-state index in [2.05, 4.69) is 5.32 Å². The van der Waals surface area contributed by atoms with Gasteiger partial charge in [-0.05, 0) is 24.6 Å². The van der Waals surface area contributed by atoms with Crippen molar-refractivity contribution >= 4 is 30.5 Å². The molecule has 1 N–H and O–H groups in total. The second-order valence-corrected chi connectivity index (χ2v) is 5.30. The van der Waals surface area contributed by atoms with Crippen molar-refractivity contribution in [2.75, 3.05) is 5.32 Å². The summed E-state index contributed by atoms with van der Waals surface area (Å²) in [5.41, 5.74) is 1.26. The number of hydrogen-bond donors (Lipinski definition) is 1. The van der Waals surface area contributed by atoms with Crippen molar-refractivity contribution in [3.05, 3.63) is 29.8 Å². The molecule has 0 aliphatic heterocycles. The van der Waals surface area contributed by atoms with E-state index in [0.717, 1.165) is 5.69 Å². The molecule has 0 saturated heterocycles. The maximum atomic E-state index is 10.5. The number of thiocarbonyl (C=S) groups is 1. The Labute approximate surface area is 150 Å². The van der Waals surface area contributed by atoms with Crippen LogP contribution in [0.1, 0.15) is 12.5 Å². The van der Waals surface area contributed by atoms with Crippen molar-refractivity contribution in [3.8, 4) is 0 Å². The first-order valence-corrected chi connectivity index (χ1v) is 6.38. The molecule has 0 bridgehead atoms. The molecule has 0 atom stereocenters. The average molecular weight is 289 g/mol. The minimum Gasteiger partial charge on any atom is -0.810 e. The topological polar surface area (TPSA) is 75.2 Å². The quantitative estimate of drug-likeness (QED) is 0.342. The van der Waals surface area contributed by atoms with Gasteiger partial charge in [-0.3, -0.25) is 0 Å². The van der Waals surface area contributed by atoms with Gasteiger partial charge in [0.15, 0.2) is 0 Å². The molecule has 8 heteroatoms. The summed E-state index contributed by atoms with van der Waals surface area (Å²) in [6.45, 7) is 1.74. The fraction of sp³-hybridized carbons (Fsp3) is 0.222. The average Bonchev–Trinajstić information content (AvgIpc) is 2.05. The Kier molecular flexibility index (Phi) is 11.1. The molecule has 1 aromatic carbocycles. The molecule has 0 radical (unpaired) electrons. The van der Waals surface area contributed by atoms with Crippen molar-refractivity contribution in [2.45, 2.75) is 13.1 Å². The van der Waals surface area contributed by atoms with Crippen molar-refractivity contribution in [1.29, 1.82) is 0 Å². The van der Waals surface area contributed by atoms with E-state index in [4.69, 9.17) is 12.2 Å². The van der Waals surface area contributed by atoms with E-state index >= 15 is 0 Å². The van der Waals surface area contributed by atoms with E-state index in [1.165, 1.54) is 0 Å². The van der Waals surface area contributed by atoms with Crippen molar-refractivity contribution in [2.24, 2.45) is 0 Å². The fourth-order valence-electron chi connectivity index (χ4n) is 1.12. The summed E-state index contributed by atoms with van der Waals surface area (Å²) in [6.07, 6.45) is -0.455. The van der Waals surface area contributed by atoms with Gasteiger partial charge in [-0.1, -0.05) is 31.9 Å². The van der Waals surface area contributed by atoms with Gasteiger partial charge in [0, 0.05) is 11.8 Å². The first-order valence-electron chi connectivity index (χ1n) is 4.24. The normalized spacial score (nSPS) is 9.82. The van der Waals surface area contributed by atoms with Gasteiger partial charge < -0.3 is 19.7 Å². The predicted octanol–water partition coefficient (Wildman–Crippen LogP) is -5.13. The molecule has 0 aliphatic carbocycles. The summed E-state index contributed by atoms with van der Waals surface area (Å²) < 4.78 is 10.5. The van der Waals surface area contributed by atoms with Crippen LogP contribution in [0.25, 0.3) is 0 Å². The molecule has 82 valence electrons. The van der Waals surface area contributed by atoms with E-state index in [1.54, 1.807) is 31.2 Å². The molecule has 0 fully saturated rings. The zero-order valence-electron chi connectivity index (χ0n) is 10.1. The molecular formula is C9H10NNa2O3PS. The van der Waals surface area contributed by atoms with Gasteiger partial charge in [0.25, 0.3) is 0 Å². The summed E-state index contributed by atoms with van der Waals surface area (Å²) in [6, 6.07) is 6.54. The van der Waals surface area contributed by atoms with Crippen LogP contribution in [0.4, 0.5) is 5.69 Å². The number of anilines is 1. The minimum absolute atomic E-state index is 0. The van der Waals surface area contributed by atoms with Crippen LogP contribution in [0.2, 0.25) is 0 Å². The zero-order valence-corrected chi connectivity index (χ0v) is 15.8. The number of nitrogens with one attached hydrogen (secondary N) is 1. The van der Waals surface area contributed by atoms with Gasteiger partial charge in [-0.25, -0.2) is 0 Å². The maximum absolute atomic E-state index is 10.5. The monoisotopic (exact) mass is 289 g/mol. The standard InChI is InChI=1S/C9H12NO3PS.2Na/c1-7(15)10-9-4-2-8(3-5-9)6-14(11,12)13;;/h2-5H,6H2,1H3,(H,10,15)(H2,11,12,13);;/q;2*+1/p-2. The summed E-state index contributed by atoms with van der Waals surface area (Å²) in [4.78, 5) is 21.6. The van der Waals surface area contributed by atoms with E-state index in [9.17, 15) is 14.4 Å². The van der Waals surface area contributed by atoms with Gasteiger partial charge in [-0.2, -0.15) is 0 Å². The molecule has 17 heavy (non-hydrogen) atoms. The first kappa shape index (κ1) is 20.6. The number of rotatable bonds is 3. The maximum Gasteiger partial charge on any atom is 1.00 e. The second kappa shape index (κ2) is 9.21. The molecule has 4 nitrogen and oxygen atoms in total. The van der Waals surface area contributed by atoms with Crippen LogP contribution in [0.15, 0.2) is 24.3 Å². The van der Waals surface area contributed by atoms with Crippen LogP contribution in [-0.4, -0.2) is 4.99 Å². The smallest absolute Gasteiger partial charge is 0.810 e. The van der Waals surface area contributed by atoms with Crippen molar-refractivity contribution in [1.82, 2.24) is 0 Å². The predicted molar refractivity (Wildman–Crippen MR) is 59.6 cm³/mol. The van der Waals surface area contributed by atoms with E-state index in [0.29, 0.717) is 10.6 Å². The number of hydrogen-bond acceptors (Lipinski definition) is 4. The van der Waals surface area contributed by atoms with Gasteiger partial charge in [-0.15, -0.1) is 0 Å². The molecular weight excluding hydrogens is 279 g/mol. The SMILES string of the molecule is CC(=S)Nc1ccc(CP(=O)([O-])[O-])cc1.[Na+].[Na+]. The van der Waals surface area contributed by atoms with Crippen LogP contribution in [0.5, 0.6) is 0 Å². The van der Waals surface area contributed by atoms with Crippen molar-refractivity contribution < 1.29 is 73.5 Å². The second-order valence-electron chi connectivity index (χ2n) is 3.15. The van der Waals surface area contributed by atoms with Gasteiger partial charge >= 0.3 is 59.1 Å². The molecule has 0 aromatic heterocycles. The van der Waals surface area contributed by atoms with Crippen LogP contribution >= 0.6 is 19.8 Å². The van der Waals surface area contributed by atoms with Crippen molar-refractivity contribution in [3.63, 3.8) is 0 Å². The van der Waals surface area contributed by atoms with E-state index in [-0.39, 0.29) is 59.1 Å². The Hall–Kier alpha value is 1.26. The molecule has 0 amide bonds. The molecule has 1 rings (SSSR count). The Morgan fingerprint density at radius 1 is 1.29 bits per heavy atom. The van der Waals surface area contributed by atoms with Crippen LogP contribution in [0, 0.1) is 0 Å². The third kappa shape index (κ3) is 9.79. The molecule has 0 saturated carbocycles.